The zero-order chi connectivity index (χ0) is 35.6. The van der Waals surface area contributed by atoms with Crippen molar-refractivity contribution in [2.75, 3.05) is 4.90 Å². The van der Waals surface area contributed by atoms with E-state index in [-0.39, 0.29) is 0 Å². The first-order valence-corrected chi connectivity index (χ1v) is 18.9. The van der Waals surface area contributed by atoms with Gasteiger partial charge in [-0.15, -0.1) is 0 Å². The Balaban J connectivity index is 1.17. The molecule has 1 aliphatic rings. The third-order valence-corrected chi connectivity index (χ3v) is 11.4. The molecule has 0 radical (unpaired) electrons. The summed E-state index contributed by atoms with van der Waals surface area (Å²) in [7, 11) is 0. The van der Waals surface area contributed by atoms with E-state index >= 15 is 0 Å². The lowest BCUT2D eigenvalue weighted by Crippen LogP contribution is -2.18. The van der Waals surface area contributed by atoms with Gasteiger partial charge >= 0.3 is 0 Å². The van der Waals surface area contributed by atoms with Gasteiger partial charge in [-0.1, -0.05) is 146 Å². The van der Waals surface area contributed by atoms with Crippen LogP contribution >= 0.6 is 0 Å². The molecule has 0 aliphatic heterocycles. The van der Waals surface area contributed by atoms with E-state index in [2.05, 4.69) is 204 Å². The summed E-state index contributed by atoms with van der Waals surface area (Å²) in [6, 6.07) is 66.7. The van der Waals surface area contributed by atoms with Gasteiger partial charge in [0.2, 0.25) is 0 Å². The zero-order valence-electron chi connectivity index (χ0n) is 29.8. The topological polar surface area (TPSA) is 8.17 Å². The molecule has 2 heteroatoms. The highest BCUT2D eigenvalue weighted by Crippen LogP contribution is 2.45. The van der Waals surface area contributed by atoms with E-state index in [9.17, 15) is 0 Å². The van der Waals surface area contributed by atoms with Crippen LogP contribution in [-0.2, 0) is 0 Å². The predicted octanol–water partition coefficient (Wildman–Crippen LogP) is 14.3. The second-order valence-corrected chi connectivity index (χ2v) is 14.4. The molecule has 11 rings (SSSR count). The third-order valence-electron chi connectivity index (χ3n) is 11.4. The number of nitrogens with zero attached hydrogens (tertiary/aromatic N) is 2. The van der Waals surface area contributed by atoms with E-state index in [1.165, 1.54) is 98.8 Å². The van der Waals surface area contributed by atoms with Crippen LogP contribution in [0.5, 0.6) is 0 Å². The standard InChI is InChI=1S/C52H36N2/c1-2-19-40(20-3-1)54-49-26-11-10-25-47(49)52-50(54)34-37-16-6-9-24-46(37)51(52)39-18-12-21-41(33-39)53(48-27-13-17-35-14-5-8-23-45(35)48)42-30-31-44-38(32-42)29-28-36-15-4-7-22-43(36)44/h1-11,13-20,22-34H,12,21H2. The molecule has 0 amide bonds. The Kier molecular flexibility index (Phi) is 7.03. The van der Waals surface area contributed by atoms with Crippen LogP contribution in [0.15, 0.2) is 200 Å². The Bertz CT molecular complexity index is 3160. The van der Waals surface area contributed by atoms with E-state index < -0.39 is 0 Å². The molecular weight excluding hydrogens is 653 g/mol. The maximum atomic E-state index is 2.53. The summed E-state index contributed by atoms with van der Waals surface area (Å²) in [6.45, 7) is 0. The Morgan fingerprint density at radius 3 is 1.93 bits per heavy atom. The molecular formula is C52H36N2. The van der Waals surface area contributed by atoms with Crippen molar-refractivity contribution >= 4 is 81.8 Å². The Hall–Kier alpha value is -6.90. The summed E-state index contributed by atoms with van der Waals surface area (Å²) in [5.41, 5.74) is 9.85. The van der Waals surface area contributed by atoms with Gasteiger partial charge in [0.25, 0.3) is 0 Å². The van der Waals surface area contributed by atoms with Gasteiger partial charge in [0, 0.05) is 33.2 Å². The molecule has 1 heterocycles. The lowest BCUT2D eigenvalue weighted by Gasteiger charge is -2.31. The lowest BCUT2D eigenvalue weighted by molar-refractivity contribution is 0.924. The molecule has 254 valence electrons. The van der Waals surface area contributed by atoms with E-state index in [1.807, 2.05) is 0 Å². The van der Waals surface area contributed by atoms with Crippen LogP contribution in [-0.4, -0.2) is 4.57 Å². The summed E-state index contributed by atoms with van der Waals surface area (Å²) in [5, 5.41) is 12.6. The fraction of sp³-hybridized carbons (Fsp3) is 0.0385. The van der Waals surface area contributed by atoms with Crippen molar-refractivity contribution in [1.29, 1.82) is 0 Å². The summed E-state index contributed by atoms with van der Waals surface area (Å²) >= 11 is 0. The van der Waals surface area contributed by atoms with Crippen LogP contribution in [0.1, 0.15) is 18.4 Å². The van der Waals surface area contributed by atoms with Crippen molar-refractivity contribution in [3.63, 3.8) is 0 Å². The number of hydrogen-bond acceptors (Lipinski definition) is 1. The molecule has 1 aromatic heterocycles. The molecule has 0 fully saturated rings. The van der Waals surface area contributed by atoms with Gasteiger partial charge in [-0.05, 0) is 110 Å². The summed E-state index contributed by atoms with van der Waals surface area (Å²) in [4.78, 5) is 2.53. The van der Waals surface area contributed by atoms with Crippen molar-refractivity contribution in [2.45, 2.75) is 12.8 Å². The van der Waals surface area contributed by atoms with Crippen LogP contribution in [0.4, 0.5) is 11.4 Å². The van der Waals surface area contributed by atoms with Gasteiger partial charge < -0.3 is 9.47 Å². The molecule has 1 aliphatic carbocycles. The van der Waals surface area contributed by atoms with Crippen LogP contribution in [0, 0.1) is 0 Å². The van der Waals surface area contributed by atoms with Gasteiger partial charge in [0.05, 0.1) is 16.7 Å². The number of aromatic nitrogens is 1. The molecule has 0 unspecified atom stereocenters. The molecule has 0 spiro atoms. The van der Waals surface area contributed by atoms with E-state index in [0.717, 1.165) is 12.8 Å². The second kappa shape index (κ2) is 12.4. The maximum Gasteiger partial charge on any atom is 0.0553 e. The fourth-order valence-electron chi connectivity index (χ4n) is 8.99. The van der Waals surface area contributed by atoms with Crippen molar-refractivity contribution in [3.05, 3.63) is 205 Å². The number of allylic oxidation sites excluding steroid dienone is 4. The minimum absolute atomic E-state index is 0.933. The molecule has 54 heavy (non-hydrogen) atoms. The monoisotopic (exact) mass is 688 g/mol. The largest absolute Gasteiger partial charge is 0.314 e. The molecule has 10 aromatic rings. The van der Waals surface area contributed by atoms with Crippen molar-refractivity contribution in [2.24, 2.45) is 0 Å². The second-order valence-electron chi connectivity index (χ2n) is 14.4. The van der Waals surface area contributed by atoms with Crippen LogP contribution in [0.2, 0.25) is 0 Å². The normalized spacial score (nSPS) is 13.3. The predicted molar refractivity (Wildman–Crippen MR) is 231 cm³/mol. The Labute approximate surface area is 314 Å². The van der Waals surface area contributed by atoms with Crippen molar-refractivity contribution in [3.8, 4) is 5.69 Å². The zero-order valence-corrected chi connectivity index (χ0v) is 29.8. The summed E-state index contributed by atoms with van der Waals surface area (Å²) < 4.78 is 2.44. The average molecular weight is 689 g/mol. The molecule has 0 saturated heterocycles. The number of anilines is 2. The van der Waals surface area contributed by atoms with E-state index in [1.54, 1.807) is 0 Å². The number of benzene rings is 9. The van der Waals surface area contributed by atoms with E-state index in [0.29, 0.717) is 0 Å². The Morgan fingerprint density at radius 2 is 1.07 bits per heavy atom. The first kappa shape index (κ1) is 30.7. The molecule has 0 atom stereocenters. The van der Waals surface area contributed by atoms with Gasteiger partial charge in [-0.3, -0.25) is 0 Å². The highest BCUT2D eigenvalue weighted by atomic mass is 15.2. The van der Waals surface area contributed by atoms with Crippen LogP contribution in [0.3, 0.4) is 0 Å². The summed E-state index contributed by atoms with van der Waals surface area (Å²) in [5.74, 6) is 0. The lowest BCUT2D eigenvalue weighted by atomic mass is 9.89. The summed E-state index contributed by atoms with van der Waals surface area (Å²) in [6.07, 6.45) is 6.82. The minimum atomic E-state index is 0.933. The smallest absolute Gasteiger partial charge is 0.0553 e. The maximum absolute atomic E-state index is 2.53. The first-order chi connectivity index (χ1) is 26.8. The molecule has 0 bridgehead atoms. The highest BCUT2D eigenvalue weighted by molar-refractivity contribution is 6.21. The Morgan fingerprint density at radius 1 is 0.444 bits per heavy atom. The molecule has 0 saturated carbocycles. The molecule has 0 N–H and O–H groups in total. The first-order valence-electron chi connectivity index (χ1n) is 18.9. The number of fused-ring (bicyclic) bond motifs is 8. The van der Waals surface area contributed by atoms with Crippen LogP contribution < -0.4 is 4.90 Å². The van der Waals surface area contributed by atoms with Gasteiger partial charge in [0.15, 0.2) is 0 Å². The van der Waals surface area contributed by atoms with Crippen molar-refractivity contribution in [1.82, 2.24) is 4.57 Å². The van der Waals surface area contributed by atoms with Crippen LogP contribution in [0.25, 0.3) is 76.2 Å². The highest BCUT2D eigenvalue weighted by Gasteiger charge is 2.24. The minimum Gasteiger partial charge on any atom is -0.314 e. The number of hydrogen-bond donors (Lipinski definition) is 0. The van der Waals surface area contributed by atoms with Crippen molar-refractivity contribution < 1.29 is 0 Å². The average Bonchev–Trinajstić information content (AvgIpc) is 3.57. The molecule has 2 nitrogen and oxygen atoms in total. The quantitative estimate of drug-likeness (QED) is 0.163. The van der Waals surface area contributed by atoms with E-state index in [4.69, 9.17) is 0 Å². The third kappa shape index (κ3) is 4.81. The SMILES string of the molecule is C1=C(c2c3ccccc3cc3c2c2ccccc2n3-c2ccccc2)C=C(N(c2ccc3c(ccc4ccccc43)c2)c2cccc3ccccc23)CC1. The van der Waals surface area contributed by atoms with Gasteiger partial charge in [-0.2, -0.15) is 0 Å². The van der Waals surface area contributed by atoms with Gasteiger partial charge in [0.1, 0.15) is 0 Å². The number of para-hydroxylation sites is 2. The van der Waals surface area contributed by atoms with Gasteiger partial charge in [-0.25, -0.2) is 0 Å². The molecule has 9 aromatic carbocycles. The fourth-order valence-corrected chi connectivity index (χ4v) is 8.99. The number of rotatable bonds is 5.